The van der Waals surface area contributed by atoms with Gasteiger partial charge in [-0.1, -0.05) is 43.1 Å². The molecular weight excluding hydrogens is 456 g/mol. The summed E-state index contributed by atoms with van der Waals surface area (Å²) >= 11 is 5.97. The van der Waals surface area contributed by atoms with Gasteiger partial charge in [0.15, 0.2) is 11.5 Å². The number of ether oxygens (including phenoxy) is 3. The molecule has 3 aromatic rings. The van der Waals surface area contributed by atoms with Gasteiger partial charge in [0, 0.05) is 10.7 Å². The number of aromatic nitrogens is 3. The third kappa shape index (κ3) is 4.87. The average Bonchev–Trinajstić information content (AvgIpc) is 3.31. The smallest absolute Gasteiger partial charge is 0.338 e. The van der Waals surface area contributed by atoms with E-state index in [1.54, 1.807) is 18.7 Å². The molecule has 0 spiro atoms. The van der Waals surface area contributed by atoms with Crippen LogP contribution in [-0.4, -0.2) is 34.5 Å². The van der Waals surface area contributed by atoms with Crippen molar-refractivity contribution in [2.24, 2.45) is 0 Å². The van der Waals surface area contributed by atoms with Crippen LogP contribution < -0.4 is 14.8 Å². The molecule has 0 amide bonds. The van der Waals surface area contributed by atoms with E-state index in [9.17, 15) is 4.79 Å². The van der Waals surface area contributed by atoms with Gasteiger partial charge in [-0.05, 0) is 48.7 Å². The highest BCUT2D eigenvalue weighted by atomic mass is 35.5. The molecule has 0 radical (unpaired) electrons. The molecular formula is C25H27ClN4O4. The average molecular weight is 483 g/mol. The maximum Gasteiger partial charge on any atom is 0.338 e. The Balaban J connectivity index is 1.70. The van der Waals surface area contributed by atoms with Crippen molar-refractivity contribution in [2.75, 3.05) is 19.0 Å². The fourth-order valence-corrected chi connectivity index (χ4v) is 4.06. The Morgan fingerprint density at radius 2 is 1.94 bits per heavy atom. The number of halogens is 1. The maximum atomic E-state index is 13.1. The minimum atomic E-state index is -0.515. The highest BCUT2D eigenvalue weighted by Gasteiger charge is 2.35. The molecule has 0 fully saturated rings. The molecule has 0 saturated carbocycles. The van der Waals surface area contributed by atoms with Crippen LogP contribution in [0.2, 0.25) is 5.02 Å². The molecule has 9 heteroatoms. The lowest BCUT2D eigenvalue weighted by Crippen LogP contribution is -2.30. The zero-order chi connectivity index (χ0) is 24.1. The van der Waals surface area contributed by atoms with Crippen molar-refractivity contribution in [1.82, 2.24) is 14.8 Å². The van der Waals surface area contributed by atoms with Gasteiger partial charge in [-0.25, -0.2) is 9.48 Å². The quantitative estimate of drug-likeness (QED) is 0.422. The molecule has 0 unspecified atom stereocenters. The van der Waals surface area contributed by atoms with Gasteiger partial charge in [0.1, 0.15) is 19.0 Å². The second kappa shape index (κ2) is 10.6. The summed E-state index contributed by atoms with van der Waals surface area (Å²) in [6, 6.07) is 12.6. The number of hydrogen-bond donors (Lipinski definition) is 1. The lowest BCUT2D eigenvalue weighted by molar-refractivity contribution is -0.139. The molecule has 1 aromatic heterocycles. The molecule has 178 valence electrons. The normalized spacial score (nSPS) is 14.9. The number of carbonyl (C=O) groups is 1. The van der Waals surface area contributed by atoms with Gasteiger partial charge in [0.2, 0.25) is 5.95 Å². The van der Waals surface area contributed by atoms with Crippen LogP contribution in [0.4, 0.5) is 5.95 Å². The number of rotatable bonds is 9. The summed E-state index contributed by atoms with van der Waals surface area (Å²) < 4.78 is 18.7. The first-order valence-electron chi connectivity index (χ1n) is 11.2. The molecule has 8 nitrogen and oxygen atoms in total. The second-order valence-corrected chi connectivity index (χ2v) is 8.18. The molecule has 2 aromatic carbocycles. The Kier molecular flexibility index (Phi) is 7.37. The van der Waals surface area contributed by atoms with Gasteiger partial charge < -0.3 is 19.5 Å². The highest BCUT2D eigenvalue weighted by Crippen LogP contribution is 2.40. The van der Waals surface area contributed by atoms with Gasteiger partial charge in [-0.15, -0.1) is 0 Å². The highest BCUT2D eigenvalue weighted by molar-refractivity contribution is 6.30. The minimum Gasteiger partial charge on any atom is -0.493 e. The van der Waals surface area contributed by atoms with Crippen LogP contribution in [0.15, 0.2) is 60.1 Å². The first-order valence-corrected chi connectivity index (χ1v) is 11.5. The number of fused-ring (bicyclic) bond motifs is 1. The van der Waals surface area contributed by atoms with Crippen molar-refractivity contribution in [3.63, 3.8) is 0 Å². The topological polar surface area (TPSA) is 87.5 Å². The molecule has 0 bridgehead atoms. The molecule has 4 rings (SSSR count). The van der Waals surface area contributed by atoms with E-state index in [1.165, 1.54) is 6.33 Å². The van der Waals surface area contributed by atoms with Crippen LogP contribution >= 0.6 is 11.6 Å². The summed E-state index contributed by atoms with van der Waals surface area (Å²) in [5, 5.41) is 8.31. The Bertz CT molecular complexity index is 1190. The number of nitrogens with zero attached hydrogens (tertiary/aromatic N) is 3. The molecule has 2 heterocycles. The number of methoxy groups -OCH3 is 1. The van der Waals surface area contributed by atoms with Crippen molar-refractivity contribution in [1.29, 1.82) is 0 Å². The summed E-state index contributed by atoms with van der Waals surface area (Å²) in [4.78, 5) is 17.4. The third-order valence-corrected chi connectivity index (χ3v) is 5.74. The van der Waals surface area contributed by atoms with Crippen molar-refractivity contribution in [2.45, 2.75) is 39.3 Å². The number of benzene rings is 2. The van der Waals surface area contributed by atoms with Crippen molar-refractivity contribution in [3.8, 4) is 11.5 Å². The van der Waals surface area contributed by atoms with Gasteiger partial charge in [0.05, 0.1) is 19.3 Å². The summed E-state index contributed by atoms with van der Waals surface area (Å²) in [6.45, 7) is 4.49. The number of esters is 1. The molecule has 1 N–H and O–H groups in total. The number of allylic oxidation sites excluding steroid dienone is 1. The number of anilines is 1. The molecule has 0 aliphatic carbocycles. The van der Waals surface area contributed by atoms with E-state index in [0.717, 1.165) is 23.2 Å². The van der Waals surface area contributed by atoms with E-state index in [0.29, 0.717) is 41.1 Å². The van der Waals surface area contributed by atoms with E-state index in [2.05, 4.69) is 22.3 Å². The lowest BCUT2D eigenvalue weighted by Gasteiger charge is -2.29. The van der Waals surface area contributed by atoms with Gasteiger partial charge in [-0.2, -0.15) is 10.1 Å². The lowest BCUT2D eigenvalue weighted by atomic mass is 9.93. The zero-order valence-electron chi connectivity index (χ0n) is 19.4. The zero-order valence-corrected chi connectivity index (χ0v) is 20.1. The van der Waals surface area contributed by atoms with Gasteiger partial charge in [0.25, 0.3) is 0 Å². The first kappa shape index (κ1) is 23.6. The third-order valence-electron chi connectivity index (χ3n) is 5.49. The predicted octanol–water partition coefficient (Wildman–Crippen LogP) is 5.15. The largest absolute Gasteiger partial charge is 0.493 e. The van der Waals surface area contributed by atoms with Crippen molar-refractivity contribution >= 4 is 23.5 Å². The molecule has 34 heavy (non-hydrogen) atoms. The molecule has 1 aliphatic heterocycles. The van der Waals surface area contributed by atoms with E-state index in [4.69, 9.17) is 25.8 Å². The molecule has 1 aliphatic rings. The number of nitrogens with one attached hydrogen (secondary N) is 1. The van der Waals surface area contributed by atoms with E-state index in [1.807, 2.05) is 42.5 Å². The maximum absolute atomic E-state index is 13.1. The monoisotopic (exact) mass is 482 g/mol. The Morgan fingerprint density at radius 3 is 2.65 bits per heavy atom. The predicted molar refractivity (Wildman–Crippen MR) is 129 cm³/mol. The van der Waals surface area contributed by atoms with Crippen LogP contribution in [-0.2, 0) is 16.1 Å². The molecule has 0 saturated heterocycles. The Morgan fingerprint density at radius 1 is 1.15 bits per heavy atom. The summed E-state index contributed by atoms with van der Waals surface area (Å²) in [6.07, 6.45) is 3.00. The van der Waals surface area contributed by atoms with E-state index in [-0.39, 0.29) is 12.6 Å². The van der Waals surface area contributed by atoms with Crippen LogP contribution in [0.1, 0.15) is 43.9 Å². The summed E-state index contributed by atoms with van der Waals surface area (Å²) in [5.41, 5.74) is 3.09. The van der Waals surface area contributed by atoms with Crippen LogP contribution in [0.5, 0.6) is 11.5 Å². The van der Waals surface area contributed by atoms with Crippen molar-refractivity contribution < 1.29 is 19.0 Å². The van der Waals surface area contributed by atoms with Gasteiger partial charge in [-0.3, -0.25) is 0 Å². The number of hydrogen-bond acceptors (Lipinski definition) is 7. The fraction of sp³-hybridized carbons (Fsp3) is 0.320. The van der Waals surface area contributed by atoms with E-state index < -0.39 is 6.04 Å². The van der Waals surface area contributed by atoms with Crippen LogP contribution in [0.3, 0.4) is 0 Å². The summed E-state index contributed by atoms with van der Waals surface area (Å²) in [5.74, 6) is 1.33. The van der Waals surface area contributed by atoms with Crippen molar-refractivity contribution in [3.05, 3.63) is 76.2 Å². The van der Waals surface area contributed by atoms with Crippen LogP contribution in [0.25, 0.3) is 0 Å². The standard InChI is InChI=1S/C25H27ClN4O4/c1-4-6-19-22(24(31)33-5-2)23(30-25(29-19)27-15-28-30)17-9-12-20(21(13-17)32-3)34-14-16-7-10-18(26)11-8-16/h7-13,15,23H,4-6,14H2,1-3H3,(H,27,28,29)/t23-/m0/s1. The molecule has 1 atom stereocenters. The SMILES string of the molecule is CCCC1=C(C(=O)OCC)[C@H](c2ccc(OCc3ccc(Cl)cc3)c(OC)c2)n2ncnc2N1. The fourth-order valence-electron chi connectivity index (χ4n) is 3.93. The second-order valence-electron chi connectivity index (χ2n) is 7.74. The van der Waals surface area contributed by atoms with E-state index >= 15 is 0 Å². The number of carbonyl (C=O) groups excluding carboxylic acids is 1. The minimum absolute atomic E-state index is 0.277. The van der Waals surface area contributed by atoms with Gasteiger partial charge >= 0.3 is 5.97 Å². The summed E-state index contributed by atoms with van der Waals surface area (Å²) in [7, 11) is 1.59. The Hall–Kier alpha value is -3.52. The van der Waals surface area contributed by atoms with Crippen LogP contribution in [0, 0.1) is 0 Å². The Labute approximate surface area is 203 Å². The first-order chi connectivity index (χ1) is 16.5.